The Morgan fingerprint density at radius 2 is 2.22 bits per heavy atom. The van der Waals surface area contributed by atoms with Crippen molar-refractivity contribution in [3.63, 3.8) is 0 Å². The Kier molecular flexibility index (Phi) is 5.49. The van der Waals surface area contributed by atoms with Gasteiger partial charge in [0.15, 0.2) is 10.6 Å². The SMILES string of the molecule is COC[C@@H](C)C(=O)NCc1n[nH]c(=S)n1C(C)C. The number of methoxy groups -OCH3 is 1. The minimum atomic E-state index is -0.176. The summed E-state index contributed by atoms with van der Waals surface area (Å²) in [5, 5.41) is 9.67. The number of nitrogens with one attached hydrogen (secondary N) is 2. The number of hydrogen-bond donors (Lipinski definition) is 2. The van der Waals surface area contributed by atoms with Gasteiger partial charge < -0.3 is 14.6 Å². The van der Waals surface area contributed by atoms with Crippen molar-refractivity contribution < 1.29 is 9.53 Å². The lowest BCUT2D eigenvalue weighted by molar-refractivity contribution is -0.126. The minimum absolute atomic E-state index is 0.0546. The van der Waals surface area contributed by atoms with Crippen LogP contribution in [0.25, 0.3) is 0 Å². The number of nitrogens with zero attached hydrogens (tertiary/aromatic N) is 2. The first-order chi connectivity index (χ1) is 8.47. The van der Waals surface area contributed by atoms with Gasteiger partial charge >= 0.3 is 0 Å². The number of carbonyl (C=O) groups excluding carboxylic acids is 1. The molecule has 0 aromatic carbocycles. The molecule has 0 aliphatic heterocycles. The molecule has 0 unspecified atom stereocenters. The zero-order valence-electron chi connectivity index (χ0n) is 11.2. The predicted molar refractivity (Wildman–Crippen MR) is 70.7 cm³/mol. The summed E-state index contributed by atoms with van der Waals surface area (Å²) in [6.07, 6.45) is 0. The van der Waals surface area contributed by atoms with E-state index < -0.39 is 0 Å². The zero-order chi connectivity index (χ0) is 13.7. The van der Waals surface area contributed by atoms with Gasteiger partial charge in [0.05, 0.1) is 19.1 Å². The molecule has 1 atom stereocenters. The Balaban J connectivity index is 2.64. The molecule has 18 heavy (non-hydrogen) atoms. The Hall–Kier alpha value is -1.21. The highest BCUT2D eigenvalue weighted by Gasteiger charge is 2.14. The molecule has 1 aromatic heterocycles. The van der Waals surface area contributed by atoms with Crippen LogP contribution in [0, 0.1) is 10.7 Å². The molecule has 0 spiro atoms. The van der Waals surface area contributed by atoms with Crippen LogP contribution in [0.4, 0.5) is 0 Å². The molecule has 2 N–H and O–H groups in total. The van der Waals surface area contributed by atoms with Crippen LogP contribution in [0.1, 0.15) is 32.6 Å². The van der Waals surface area contributed by atoms with Crippen molar-refractivity contribution >= 4 is 18.1 Å². The molecule has 0 saturated carbocycles. The van der Waals surface area contributed by atoms with E-state index >= 15 is 0 Å². The molecule has 0 aliphatic rings. The molecule has 7 heteroatoms. The standard InChI is InChI=1S/C11H20N4O2S/c1-7(2)15-9(13-14-11(15)18)5-12-10(16)8(3)6-17-4/h7-8H,5-6H2,1-4H3,(H,12,16)(H,14,18)/t8-/m1/s1. The molecule has 1 rings (SSSR count). The molecule has 1 amide bonds. The number of amides is 1. The van der Waals surface area contributed by atoms with Crippen molar-refractivity contribution in [3.8, 4) is 0 Å². The van der Waals surface area contributed by atoms with E-state index in [1.807, 2.05) is 25.3 Å². The van der Waals surface area contributed by atoms with E-state index in [0.717, 1.165) is 5.82 Å². The van der Waals surface area contributed by atoms with Crippen LogP contribution < -0.4 is 5.32 Å². The van der Waals surface area contributed by atoms with Gasteiger partial charge in [0.25, 0.3) is 0 Å². The number of hydrogen-bond acceptors (Lipinski definition) is 4. The summed E-state index contributed by atoms with van der Waals surface area (Å²) in [6.45, 7) is 6.62. The minimum Gasteiger partial charge on any atom is -0.384 e. The van der Waals surface area contributed by atoms with Crippen LogP contribution in [-0.4, -0.2) is 34.4 Å². The normalized spacial score (nSPS) is 12.7. The maximum absolute atomic E-state index is 11.7. The first kappa shape index (κ1) is 14.8. The largest absolute Gasteiger partial charge is 0.384 e. The van der Waals surface area contributed by atoms with E-state index in [1.54, 1.807) is 7.11 Å². The van der Waals surface area contributed by atoms with Crippen molar-refractivity contribution in [1.29, 1.82) is 0 Å². The van der Waals surface area contributed by atoms with E-state index in [2.05, 4.69) is 15.5 Å². The molecule has 102 valence electrons. The summed E-state index contributed by atoms with van der Waals surface area (Å²) in [5.74, 6) is 0.499. The van der Waals surface area contributed by atoms with Crippen molar-refractivity contribution in [2.24, 2.45) is 5.92 Å². The van der Waals surface area contributed by atoms with Crippen LogP contribution in [0.3, 0.4) is 0 Å². The van der Waals surface area contributed by atoms with Gasteiger partial charge in [0, 0.05) is 13.2 Å². The molecule has 0 radical (unpaired) electrons. The third kappa shape index (κ3) is 3.64. The lowest BCUT2D eigenvalue weighted by Crippen LogP contribution is -2.32. The number of ether oxygens (including phenoxy) is 1. The van der Waals surface area contributed by atoms with Crippen molar-refractivity contribution in [1.82, 2.24) is 20.1 Å². The van der Waals surface area contributed by atoms with Crippen LogP contribution in [0.5, 0.6) is 0 Å². The van der Waals surface area contributed by atoms with Gasteiger partial charge in [-0.05, 0) is 26.1 Å². The topological polar surface area (TPSA) is 71.9 Å². The van der Waals surface area contributed by atoms with Gasteiger partial charge in [-0.2, -0.15) is 5.10 Å². The summed E-state index contributed by atoms with van der Waals surface area (Å²) in [6, 6.07) is 0.208. The summed E-state index contributed by atoms with van der Waals surface area (Å²) in [7, 11) is 1.58. The zero-order valence-corrected chi connectivity index (χ0v) is 12.0. The second-order valence-corrected chi connectivity index (χ2v) is 4.87. The fourth-order valence-corrected chi connectivity index (χ4v) is 2.02. The summed E-state index contributed by atoms with van der Waals surface area (Å²) in [5.41, 5.74) is 0. The smallest absolute Gasteiger partial charge is 0.225 e. The molecule has 6 nitrogen and oxygen atoms in total. The Morgan fingerprint density at radius 1 is 1.56 bits per heavy atom. The predicted octanol–water partition coefficient (Wildman–Crippen LogP) is 1.42. The van der Waals surface area contributed by atoms with E-state index in [-0.39, 0.29) is 17.9 Å². The Labute approximate surface area is 112 Å². The van der Waals surface area contributed by atoms with E-state index in [4.69, 9.17) is 17.0 Å². The average molecular weight is 272 g/mol. The van der Waals surface area contributed by atoms with Gasteiger partial charge in [-0.15, -0.1) is 0 Å². The Bertz CT molecular complexity index is 452. The number of aromatic nitrogens is 3. The molecule has 0 bridgehead atoms. The third-order valence-electron chi connectivity index (χ3n) is 2.58. The maximum atomic E-state index is 11.7. The first-order valence-electron chi connectivity index (χ1n) is 5.89. The highest BCUT2D eigenvalue weighted by Crippen LogP contribution is 2.08. The fraction of sp³-hybridized carbons (Fsp3) is 0.727. The van der Waals surface area contributed by atoms with Crippen LogP contribution in [0.2, 0.25) is 0 Å². The highest BCUT2D eigenvalue weighted by molar-refractivity contribution is 7.71. The summed E-state index contributed by atoms with van der Waals surface area (Å²) >= 11 is 5.13. The fourth-order valence-electron chi connectivity index (χ4n) is 1.66. The monoisotopic (exact) mass is 272 g/mol. The summed E-state index contributed by atoms with van der Waals surface area (Å²) in [4.78, 5) is 11.7. The van der Waals surface area contributed by atoms with Gasteiger partial charge in [-0.3, -0.25) is 9.89 Å². The number of H-pyrrole nitrogens is 1. The molecular weight excluding hydrogens is 252 g/mol. The highest BCUT2D eigenvalue weighted by atomic mass is 32.1. The number of rotatable bonds is 6. The molecule has 0 aliphatic carbocycles. The number of aromatic amines is 1. The van der Waals surface area contributed by atoms with Gasteiger partial charge in [-0.25, -0.2) is 0 Å². The second-order valence-electron chi connectivity index (χ2n) is 4.48. The van der Waals surface area contributed by atoms with Gasteiger partial charge in [0.1, 0.15) is 0 Å². The number of carbonyl (C=O) groups is 1. The Morgan fingerprint density at radius 3 is 2.78 bits per heavy atom. The quantitative estimate of drug-likeness (QED) is 0.768. The van der Waals surface area contributed by atoms with E-state index in [0.29, 0.717) is 17.9 Å². The molecule has 0 saturated heterocycles. The third-order valence-corrected chi connectivity index (χ3v) is 2.87. The van der Waals surface area contributed by atoms with Crippen molar-refractivity contribution in [2.45, 2.75) is 33.4 Å². The summed E-state index contributed by atoms with van der Waals surface area (Å²) < 4.78 is 7.39. The van der Waals surface area contributed by atoms with E-state index in [9.17, 15) is 4.79 Å². The second kappa shape index (κ2) is 6.65. The molecule has 1 heterocycles. The molecule has 1 aromatic rings. The van der Waals surface area contributed by atoms with Crippen molar-refractivity contribution in [2.75, 3.05) is 13.7 Å². The lowest BCUT2D eigenvalue weighted by atomic mass is 10.2. The molecule has 0 fully saturated rings. The van der Waals surface area contributed by atoms with Gasteiger partial charge in [0.2, 0.25) is 5.91 Å². The first-order valence-corrected chi connectivity index (χ1v) is 6.30. The molecular formula is C11H20N4O2S. The van der Waals surface area contributed by atoms with Crippen LogP contribution in [0.15, 0.2) is 0 Å². The lowest BCUT2D eigenvalue weighted by Gasteiger charge is -2.13. The van der Waals surface area contributed by atoms with Crippen LogP contribution >= 0.6 is 12.2 Å². The average Bonchev–Trinajstić information content (AvgIpc) is 2.67. The van der Waals surface area contributed by atoms with Gasteiger partial charge in [-0.1, -0.05) is 6.92 Å². The van der Waals surface area contributed by atoms with Crippen molar-refractivity contribution in [3.05, 3.63) is 10.6 Å². The van der Waals surface area contributed by atoms with Crippen LogP contribution in [-0.2, 0) is 16.1 Å². The maximum Gasteiger partial charge on any atom is 0.225 e. The van der Waals surface area contributed by atoms with E-state index in [1.165, 1.54) is 0 Å².